The van der Waals surface area contributed by atoms with Gasteiger partial charge in [-0.05, 0) is 44.2 Å². The highest BCUT2D eigenvalue weighted by molar-refractivity contribution is 5.94. The maximum atomic E-state index is 13.0. The Bertz CT molecular complexity index is 1000. The summed E-state index contributed by atoms with van der Waals surface area (Å²) in [5.74, 6) is 0.717. The largest absolute Gasteiger partial charge is 0.483 e. The average Bonchev–Trinajstić information content (AvgIpc) is 3.12. The first-order valence-corrected chi connectivity index (χ1v) is 11.3. The molecule has 0 spiro atoms. The number of carbonyl (C=O) groups is 2. The van der Waals surface area contributed by atoms with E-state index in [9.17, 15) is 14.0 Å². The van der Waals surface area contributed by atoms with Crippen molar-refractivity contribution in [3.8, 4) is 11.5 Å². The minimum Gasteiger partial charge on any atom is -0.483 e. The van der Waals surface area contributed by atoms with Crippen LogP contribution in [0.1, 0.15) is 29.8 Å². The zero-order chi connectivity index (χ0) is 23.4. The summed E-state index contributed by atoms with van der Waals surface area (Å²) in [7, 11) is 0. The van der Waals surface area contributed by atoms with Crippen LogP contribution in [0, 0.1) is 5.82 Å². The van der Waals surface area contributed by atoms with Gasteiger partial charge >= 0.3 is 0 Å². The molecule has 1 fully saturated rings. The molecule has 176 valence electrons. The Morgan fingerprint density at radius 2 is 1.82 bits per heavy atom. The van der Waals surface area contributed by atoms with Crippen molar-refractivity contribution in [2.24, 2.45) is 0 Å². The van der Waals surface area contributed by atoms with E-state index in [0.717, 1.165) is 30.8 Å². The van der Waals surface area contributed by atoms with Gasteiger partial charge in [-0.3, -0.25) is 14.5 Å². The normalized spacial score (nSPS) is 17.2. The third-order valence-electron chi connectivity index (χ3n) is 5.95. The summed E-state index contributed by atoms with van der Waals surface area (Å²) in [6.07, 6.45) is 0.819. The SMILES string of the molecule is CC1(C)Cc2cccc(OCC(=O)N3CCN(CCNC(=O)c4ccc(F)cc4)CC3)c2O1. The van der Waals surface area contributed by atoms with Gasteiger partial charge in [0, 0.05) is 56.8 Å². The summed E-state index contributed by atoms with van der Waals surface area (Å²) in [4.78, 5) is 28.8. The van der Waals surface area contributed by atoms with Crippen molar-refractivity contribution in [3.05, 3.63) is 59.4 Å². The summed E-state index contributed by atoms with van der Waals surface area (Å²) in [6.45, 7) is 7.93. The number of nitrogens with zero attached hydrogens (tertiary/aromatic N) is 2. The summed E-state index contributed by atoms with van der Waals surface area (Å²) < 4.78 is 24.8. The third-order valence-corrected chi connectivity index (χ3v) is 5.95. The number of para-hydroxylation sites is 1. The minimum absolute atomic E-state index is 0.0199. The number of fused-ring (bicyclic) bond motifs is 1. The molecule has 0 bridgehead atoms. The molecule has 2 aromatic rings. The van der Waals surface area contributed by atoms with Gasteiger partial charge in [0.15, 0.2) is 18.1 Å². The number of amides is 2. The topological polar surface area (TPSA) is 71.1 Å². The van der Waals surface area contributed by atoms with Gasteiger partial charge in [0.05, 0.1) is 0 Å². The Morgan fingerprint density at radius 1 is 1.09 bits per heavy atom. The Labute approximate surface area is 193 Å². The molecule has 0 saturated carbocycles. The van der Waals surface area contributed by atoms with E-state index in [2.05, 4.69) is 10.2 Å². The minimum atomic E-state index is -0.366. The Morgan fingerprint density at radius 3 is 2.55 bits per heavy atom. The van der Waals surface area contributed by atoms with E-state index in [-0.39, 0.29) is 29.8 Å². The number of hydrogen-bond donors (Lipinski definition) is 1. The Hall–Kier alpha value is -3.13. The second kappa shape index (κ2) is 9.79. The molecule has 0 unspecified atom stereocenters. The molecule has 0 aromatic heterocycles. The lowest BCUT2D eigenvalue weighted by atomic mass is 10.0. The van der Waals surface area contributed by atoms with Crippen LogP contribution in [-0.4, -0.2) is 73.1 Å². The van der Waals surface area contributed by atoms with Gasteiger partial charge in [0.25, 0.3) is 11.8 Å². The molecule has 2 aliphatic rings. The molecule has 2 aromatic carbocycles. The zero-order valence-electron chi connectivity index (χ0n) is 19.1. The van der Waals surface area contributed by atoms with Crippen molar-refractivity contribution in [2.45, 2.75) is 25.9 Å². The van der Waals surface area contributed by atoms with E-state index in [0.29, 0.717) is 37.5 Å². The first-order chi connectivity index (χ1) is 15.8. The molecule has 1 N–H and O–H groups in total. The summed E-state index contributed by atoms with van der Waals surface area (Å²) in [5, 5.41) is 2.85. The molecular weight excluding hydrogens is 425 g/mol. The summed E-state index contributed by atoms with van der Waals surface area (Å²) >= 11 is 0. The molecular formula is C25H30FN3O4. The number of ether oxygens (including phenoxy) is 2. The monoisotopic (exact) mass is 455 g/mol. The van der Waals surface area contributed by atoms with Crippen LogP contribution >= 0.6 is 0 Å². The number of rotatable bonds is 7. The predicted molar refractivity (Wildman–Crippen MR) is 122 cm³/mol. The number of hydrogen-bond acceptors (Lipinski definition) is 5. The number of nitrogens with one attached hydrogen (secondary N) is 1. The van der Waals surface area contributed by atoms with E-state index in [1.165, 1.54) is 24.3 Å². The van der Waals surface area contributed by atoms with Crippen LogP contribution in [0.25, 0.3) is 0 Å². The number of piperazine rings is 1. The van der Waals surface area contributed by atoms with E-state index in [1.807, 2.05) is 36.9 Å². The predicted octanol–water partition coefficient (Wildman–Crippen LogP) is 2.49. The molecule has 2 heterocycles. The van der Waals surface area contributed by atoms with Crippen molar-refractivity contribution in [2.75, 3.05) is 45.9 Å². The molecule has 7 nitrogen and oxygen atoms in total. The number of halogens is 1. The highest BCUT2D eigenvalue weighted by Gasteiger charge is 2.32. The number of carbonyl (C=O) groups excluding carboxylic acids is 2. The van der Waals surface area contributed by atoms with E-state index in [4.69, 9.17) is 9.47 Å². The fraction of sp³-hybridized carbons (Fsp3) is 0.440. The highest BCUT2D eigenvalue weighted by atomic mass is 19.1. The summed E-state index contributed by atoms with van der Waals surface area (Å²) in [5.41, 5.74) is 1.27. The second-order valence-electron chi connectivity index (χ2n) is 9.06. The van der Waals surface area contributed by atoms with Crippen molar-refractivity contribution in [1.82, 2.24) is 15.1 Å². The quantitative estimate of drug-likeness (QED) is 0.695. The van der Waals surface area contributed by atoms with Gasteiger partial charge in [-0.25, -0.2) is 4.39 Å². The van der Waals surface area contributed by atoms with Crippen molar-refractivity contribution < 1.29 is 23.5 Å². The second-order valence-corrected chi connectivity index (χ2v) is 9.06. The van der Waals surface area contributed by atoms with Crippen molar-refractivity contribution in [1.29, 1.82) is 0 Å². The fourth-order valence-corrected chi connectivity index (χ4v) is 4.18. The fourth-order valence-electron chi connectivity index (χ4n) is 4.18. The highest BCUT2D eigenvalue weighted by Crippen LogP contribution is 2.41. The van der Waals surface area contributed by atoms with Crippen molar-refractivity contribution >= 4 is 11.8 Å². The maximum Gasteiger partial charge on any atom is 0.260 e. The maximum absolute atomic E-state index is 13.0. The standard InChI is InChI=1S/C25H30FN3O4/c1-25(2)16-19-4-3-5-21(23(19)33-25)32-17-22(30)29-14-12-28(13-15-29)11-10-27-24(31)18-6-8-20(26)9-7-18/h3-9H,10-17H2,1-2H3,(H,27,31). The van der Waals surface area contributed by atoms with Gasteiger partial charge in [-0.15, -0.1) is 0 Å². The van der Waals surface area contributed by atoms with Gasteiger partial charge in [-0.2, -0.15) is 0 Å². The van der Waals surface area contributed by atoms with E-state index in [1.54, 1.807) is 0 Å². The van der Waals surface area contributed by atoms with Crippen LogP contribution in [0.3, 0.4) is 0 Å². The lowest BCUT2D eigenvalue weighted by Gasteiger charge is -2.34. The van der Waals surface area contributed by atoms with Gasteiger partial charge in [0.2, 0.25) is 0 Å². The Kier molecular flexibility index (Phi) is 6.83. The van der Waals surface area contributed by atoms with Gasteiger partial charge in [0.1, 0.15) is 11.4 Å². The number of benzene rings is 2. The van der Waals surface area contributed by atoms with Crippen LogP contribution in [-0.2, 0) is 11.2 Å². The molecule has 0 radical (unpaired) electrons. The average molecular weight is 456 g/mol. The first-order valence-electron chi connectivity index (χ1n) is 11.3. The van der Waals surface area contributed by atoms with Crippen LogP contribution in [0.4, 0.5) is 4.39 Å². The molecule has 1 saturated heterocycles. The van der Waals surface area contributed by atoms with Crippen molar-refractivity contribution in [3.63, 3.8) is 0 Å². The molecule has 2 amide bonds. The molecule has 0 atom stereocenters. The van der Waals surface area contributed by atoms with E-state index < -0.39 is 0 Å². The third kappa shape index (κ3) is 5.82. The molecule has 0 aliphatic carbocycles. The molecule has 8 heteroatoms. The molecule has 33 heavy (non-hydrogen) atoms. The smallest absolute Gasteiger partial charge is 0.260 e. The van der Waals surface area contributed by atoms with Gasteiger partial charge < -0.3 is 19.7 Å². The molecule has 2 aliphatic heterocycles. The summed E-state index contributed by atoms with van der Waals surface area (Å²) in [6, 6.07) is 11.3. The molecule has 4 rings (SSSR count). The van der Waals surface area contributed by atoms with Crippen LogP contribution in [0.5, 0.6) is 11.5 Å². The van der Waals surface area contributed by atoms with Crippen LogP contribution < -0.4 is 14.8 Å². The first kappa shape index (κ1) is 23.0. The zero-order valence-corrected chi connectivity index (χ0v) is 19.1. The lowest BCUT2D eigenvalue weighted by molar-refractivity contribution is -0.135. The lowest BCUT2D eigenvalue weighted by Crippen LogP contribution is -2.51. The van der Waals surface area contributed by atoms with Crippen LogP contribution in [0.15, 0.2) is 42.5 Å². The van der Waals surface area contributed by atoms with Crippen LogP contribution in [0.2, 0.25) is 0 Å². The van der Waals surface area contributed by atoms with Gasteiger partial charge in [-0.1, -0.05) is 12.1 Å². The Balaban J connectivity index is 1.17. The van der Waals surface area contributed by atoms with E-state index >= 15 is 0 Å².